The van der Waals surface area contributed by atoms with E-state index in [9.17, 15) is 4.79 Å². The van der Waals surface area contributed by atoms with Gasteiger partial charge in [-0.15, -0.1) is 10.2 Å². The molecule has 1 amide bonds. The van der Waals surface area contributed by atoms with E-state index >= 15 is 0 Å². The summed E-state index contributed by atoms with van der Waals surface area (Å²) in [7, 11) is 1.80. The SMILES string of the molecule is C[C@@H](c1ccc(-n2cncn2)cc1)N(C)C(=O)c1ccc(-c2nnco2)cc1. The van der Waals surface area contributed by atoms with Gasteiger partial charge in [0.1, 0.15) is 12.7 Å². The maximum absolute atomic E-state index is 12.9. The second-order valence-electron chi connectivity index (χ2n) is 6.34. The van der Waals surface area contributed by atoms with Crippen molar-refractivity contribution >= 4 is 5.91 Å². The molecule has 4 aromatic rings. The second-order valence-corrected chi connectivity index (χ2v) is 6.34. The zero-order valence-corrected chi connectivity index (χ0v) is 15.4. The number of carbonyl (C=O) groups is 1. The van der Waals surface area contributed by atoms with Crippen LogP contribution in [0.15, 0.2) is 72.0 Å². The summed E-state index contributed by atoms with van der Waals surface area (Å²) in [6.45, 7) is 2.00. The van der Waals surface area contributed by atoms with Crippen molar-refractivity contribution in [3.05, 3.63) is 78.7 Å². The van der Waals surface area contributed by atoms with Crippen molar-refractivity contribution in [3.63, 3.8) is 0 Å². The number of rotatable bonds is 5. The number of hydrogen-bond donors (Lipinski definition) is 0. The Morgan fingerprint density at radius 2 is 1.86 bits per heavy atom. The van der Waals surface area contributed by atoms with Gasteiger partial charge in [-0.25, -0.2) is 9.67 Å². The molecule has 1 atom stereocenters. The minimum atomic E-state index is -0.0899. The predicted molar refractivity (Wildman–Crippen MR) is 102 cm³/mol. The Kier molecular flexibility index (Phi) is 4.67. The number of carbonyl (C=O) groups excluding carboxylic acids is 1. The first-order valence-electron chi connectivity index (χ1n) is 8.72. The van der Waals surface area contributed by atoms with Crippen molar-refractivity contribution in [1.29, 1.82) is 0 Å². The zero-order valence-electron chi connectivity index (χ0n) is 15.4. The fourth-order valence-electron chi connectivity index (χ4n) is 2.90. The summed E-state index contributed by atoms with van der Waals surface area (Å²) in [5.74, 6) is 0.359. The lowest BCUT2D eigenvalue weighted by Crippen LogP contribution is -2.29. The highest BCUT2D eigenvalue weighted by molar-refractivity contribution is 5.94. The van der Waals surface area contributed by atoms with Crippen LogP contribution in [0.5, 0.6) is 0 Å². The molecule has 28 heavy (non-hydrogen) atoms. The molecule has 0 aliphatic rings. The van der Waals surface area contributed by atoms with Gasteiger partial charge in [0, 0.05) is 18.2 Å². The lowest BCUT2D eigenvalue weighted by atomic mass is 10.0. The van der Waals surface area contributed by atoms with E-state index in [0.717, 1.165) is 16.8 Å². The highest BCUT2D eigenvalue weighted by Crippen LogP contribution is 2.23. The van der Waals surface area contributed by atoms with Crippen LogP contribution in [-0.2, 0) is 0 Å². The molecule has 0 N–H and O–H groups in total. The van der Waals surface area contributed by atoms with E-state index in [-0.39, 0.29) is 11.9 Å². The van der Waals surface area contributed by atoms with E-state index in [1.807, 2.05) is 31.2 Å². The van der Waals surface area contributed by atoms with Crippen LogP contribution < -0.4 is 0 Å². The summed E-state index contributed by atoms with van der Waals surface area (Å²) < 4.78 is 6.86. The van der Waals surface area contributed by atoms with Gasteiger partial charge in [-0.05, 0) is 48.9 Å². The maximum Gasteiger partial charge on any atom is 0.254 e. The molecule has 2 heterocycles. The van der Waals surface area contributed by atoms with Crippen LogP contribution in [0.1, 0.15) is 28.9 Å². The summed E-state index contributed by atoms with van der Waals surface area (Å²) in [5.41, 5.74) is 3.31. The van der Waals surface area contributed by atoms with Gasteiger partial charge in [0.25, 0.3) is 5.91 Å². The predicted octanol–water partition coefficient (Wildman–Crippen LogP) is 3.15. The largest absolute Gasteiger partial charge is 0.423 e. The first-order chi connectivity index (χ1) is 13.6. The molecule has 4 rings (SSSR count). The third-order valence-corrected chi connectivity index (χ3v) is 4.70. The van der Waals surface area contributed by atoms with Crippen molar-refractivity contribution in [2.45, 2.75) is 13.0 Å². The molecule has 0 bridgehead atoms. The first-order valence-corrected chi connectivity index (χ1v) is 8.72. The van der Waals surface area contributed by atoms with E-state index in [4.69, 9.17) is 4.42 Å². The summed E-state index contributed by atoms with van der Waals surface area (Å²) >= 11 is 0. The highest BCUT2D eigenvalue weighted by Gasteiger charge is 2.19. The Labute approximate surface area is 161 Å². The molecule has 0 aliphatic carbocycles. The van der Waals surface area contributed by atoms with E-state index in [1.165, 1.54) is 12.7 Å². The Morgan fingerprint density at radius 3 is 2.46 bits per heavy atom. The molecule has 0 aliphatic heterocycles. The second kappa shape index (κ2) is 7.43. The van der Waals surface area contributed by atoms with Crippen molar-refractivity contribution in [3.8, 4) is 17.1 Å². The number of aromatic nitrogens is 5. The minimum Gasteiger partial charge on any atom is -0.423 e. The minimum absolute atomic E-state index is 0.0649. The molecule has 8 heteroatoms. The van der Waals surface area contributed by atoms with Gasteiger partial charge < -0.3 is 9.32 Å². The Bertz CT molecular complexity index is 1040. The van der Waals surface area contributed by atoms with E-state index in [1.54, 1.807) is 47.2 Å². The fourth-order valence-corrected chi connectivity index (χ4v) is 2.90. The summed E-state index contributed by atoms with van der Waals surface area (Å²) in [6, 6.07) is 14.9. The van der Waals surface area contributed by atoms with Gasteiger partial charge in [-0.2, -0.15) is 5.10 Å². The smallest absolute Gasteiger partial charge is 0.254 e. The van der Waals surface area contributed by atoms with Gasteiger partial charge in [0.2, 0.25) is 12.3 Å². The van der Waals surface area contributed by atoms with Crippen LogP contribution >= 0.6 is 0 Å². The standard InChI is InChI=1S/C20H18N6O2/c1-14(15-7-9-18(10-8-15)26-12-21-11-23-26)25(2)20(27)17-5-3-16(4-6-17)19-24-22-13-28-19/h3-14H,1-2H3/t14-/m0/s1. The molecule has 0 saturated carbocycles. The maximum atomic E-state index is 12.9. The zero-order chi connectivity index (χ0) is 19.5. The molecule has 2 aromatic heterocycles. The van der Waals surface area contributed by atoms with E-state index < -0.39 is 0 Å². The first kappa shape index (κ1) is 17.6. The Hall–Kier alpha value is -3.81. The average molecular weight is 374 g/mol. The van der Waals surface area contributed by atoms with Crippen LogP contribution in [0.3, 0.4) is 0 Å². The van der Waals surface area contributed by atoms with Gasteiger partial charge in [-0.3, -0.25) is 4.79 Å². The van der Waals surface area contributed by atoms with Gasteiger partial charge in [0.05, 0.1) is 11.7 Å². The van der Waals surface area contributed by atoms with Crippen LogP contribution in [0.4, 0.5) is 0 Å². The number of hydrogen-bond acceptors (Lipinski definition) is 6. The lowest BCUT2D eigenvalue weighted by molar-refractivity contribution is 0.0742. The van der Waals surface area contributed by atoms with E-state index in [2.05, 4.69) is 20.3 Å². The Balaban J connectivity index is 1.48. The fraction of sp³-hybridized carbons (Fsp3) is 0.150. The number of amides is 1. The molecule has 0 unspecified atom stereocenters. The molecule has 0 spiro atoms. The Morgan fingerprint density at radius 1 is 1.11 bits per heavy atom. The summed E-state index contributed by atoms with van der Waals surface area (Å²) in [4.78, 5) is 18.5. The monoisotopic (exact) mass is 374 g/mol. The van der Waals surface area contributed by atoms with Gasteiger partial charge >= 0.3 is 0 Å². The van der Waals surface area contributed by atoms with Crippen LogP contribution in [0.2, 0.25) is 0 Å². The van der Waals surface area contributed by atoms with Crippen molar-refractivity contribution < 1.29 is 9.21 Å². The molecule has 2 aromatic carbocycles. The quantitative estimate of drug-likeness (QED) is 0.533. The lowest BCUT2D eigenvalue weighted by Gasteiger charge is -2.25. The third-order valence-electron chi connectivity index (χ3n) is 4.70. The van der Waals surface area contributed by atoms with Gasteiger partial charge in [0.15, 0.2) is 0 Å². The molecular formula is C20H18N6O2. The summed E-state index contributed by atoms with van der Waals surface area (Å²) in [5, 5.41) is 11.6. The molecule has 8 nitrogen and oxygen atoms in total. The van der Waals surface area contributed by atoms with Crippen molar-refractivity contribution in [2.24, 2.45) is 0 Å². The van der Waals surface area contributed by atoms with E-state index in [0.29, 0.717) is 11.5 Å². The highest BCUT2D eigenvalue weighted by atomic mass is 16.4. The van der Waals surface area contributed by atoms with Crippen molar-refractivity contribution in [1.82, 2.24) is 29.9 Å². The molecular weight excluding hydrogens is 356 g/mol. The number of nitrogens with zero attached hydrogens (tertiary/aromatic N) is 6. The molecule has 0 saturated heterocycles. The average Bonchev–Trinajstić information content (AvgIpc) is 3.47. The van der Waals surface area contributed by atoms with Gasteiger partial charge in [-0.1, -0.05) is 12.1 Å². The van der Waals surface area contributed by atoms with Crippen LogP contribution in [0, 0.1) is 0 Å². The molecule has 0 radical (unpaired) electrons. The third kappa shape index (κ3) is 3.39. The molecule has 0 fully saturated rings. The normalized spacial score (nSPS) is 11.9. The topological polar surface area (TPSA) is 89.9 Å². The van der Waals surface area contributed by atoms with Crippen LogP contribution in [-0.4, -0.2) is 42.8 Å². The number of benzene rings is 2. The van der Waals surface area contributed by atoms with Crippen LogP contribution in [0.25, 0.3) is 17.1 Å². The summed E-state index contributed by atoms with van der Waals surface area (Å²) in [6.07, 6.45) is 4.41. The van der Waals surface area contributed by atoms with Crippen molar-refractivity contribution in [2.75, 3.05) is 7.05 Å². The molecule has 140 valence electrons.